The zero-order valence-electron chi connectivity index (χ0n) is 10.3. The fraction of sp³-hybridized carbons (Fsp3) is 0.692. The lowest BCUT2D eigenvalue weighted by Gasteiger charge is -2.15. The molecule has 0 aliphatic carbocycles. The molecule has 0 aliphatic heterocycles. The second-order valence-corrected chi connectivity index (χ2v) is 5.47. The molecular formula is C13H23NS. The third-order valence-electron chi connectivity index (χ3n) is 2.58. The molecule has 1 aromatic rings. The Kier molecular flexibility index (Phi) is 5.34. The van der Waals surface area contributed by atoms with Crippen molar-refractivity contribution >= 4 is 11.3 Å². The first-order chi connectivity index (χ1) is 7.15. The molecule has 15 heavy (non-hydrogen) atoms. The molecule has 2 heteroatoms. The first-order valence-electron chi connectivity index (χ1n) is 5.94. The standard InChI is InChI=1S/C13H23NS/c1-5-6-12-7-8-15-13(12)11(4)9-14-10(2)3/h7-8,10-11,14H,5-6,9H2,1-4H3/t11-/m0/s1. The molecule has 1 heterocycles. The molecule has 0 saturated carbocycles. The van der Waals surface area contributed by atoms with E-state index < -0.39 is 0 Å². The van der Waals surface area contributed by atoms with E-state index in [9.17, 15) is 0 Å². The van der Waals surface area contributed by atoms with Gasteiger partial charge in [0.25, 0.3) is 0 Å². The highest BCUT2D eigenvalue weighted by Gasteiger charge is 2.11. The molecule has 0 aromatic carbocycles. The van der Waals surface area contributed by atoms with E-state index in [1.54, 1.807) is 10.4 Å². The van der Waals surface area contributed by atoms with Crippen LogP contribution in [-0.2, 0) is 6.42 Å². The van der Waals surface area contributed by atoms with E-state index in [1.807, 2.05) is 11.3 Å². The Morgan fingerprint density at radius 2 is 2.07 bits per heavy atom. The Morgan fingerprint density at radius 1 is 1.33 bits per heavy atom. The predicted molar refractivity (Wildman–Crippen MR) is 69.9 cm³/mol. The lowest BCUT2D eigenvalue weighted by atomic mass is 10.0. The smallest absolute Gasteiger partial charge is 0.0118 e. The number of thiophene rings is 1. The molecular weight excluding hydrogens is 202 g/mol. The fourth-order valence-electron chi connectivity index (χ4n) is 1.76. The largest absolute Gasteiger partial charge is 0.314 e. The van der Waals surface area contributed by atoms with Gasteiger partial charge in [-0.25, -0.2) is 0 Å². The van der Waals surface area contributed by atoms with E-state index in [1.165, 1.54) is 12.8 Å². The molecule has 0 aliphatic rings. The van der Waals surface area contributed by atoms with Crippen LogP contribution in [0, 0.1) is 0 Å². The molecule has 1 nitrogen and oxygen atoms in total. The summed E-state index contributed by atoms with van der Waals surface area (Å²) in [5.74, 6) is 0.647. The maximum absolute atomic E-state index is 3.51. The third-order valence-corrected chi connectivity index (χ3v) is 3.77. The van der Waals surface area contributed by atoms with Crippen LogP contribution in [-0.4, -0.2) is 12.6 Å². The van der Waals surface area contributed by atoms with Gasteiger partial charge in [0.1, 0.15) is 0 Å². The van der Waals surface area contributed by atoms with Gasteiger partial charge in [0, 0.05) is 23.4 Å². The third kappa shape index (κ3) is 3.96. The van der Waals surface area contributed by atoms with E-state index in [2.05, 4.69) is 44.5 Å². The van der Waals surface area contributed by atoms with Gasteiger partial charge in [-0.1, -0.05) is 34.1 Å². The van der Waals surface area contributed by atoms with Crippen LogP contribution < -0.4 is 5.32 Å². The summed E-state index contributed by atoms with van der Waals surface area (Å²) >= 11 is 1.91. The van der Waals surface area contributed by atoms with Gasteiger partial charge in [0.15, 0.2) is 0 Å². The normalized spacial score (nSPS) is 13.4. The molecule has 0 amide bonds. The summed E-state index contributed by atoms with van der Waals surface area (Å²) in [6.45, 7) is 10.1. The summed E-state index contributed by atoms with van der Waals surface area (Å²) in [7, 11) is 0. The Labute approximate surface area is 97.9 Å². The highest BCUT2D eigenvalue weighted by molar-refractivity contribution is 7.10. The van der Waals surface area contributed by atoms with Gasteiger partial charge < -0.3 is 5.32 Å². The fourth-order valence-corrected chi connectivity index (χ4v) is 2.78. The van der Waals surface area contributed by atoms with Gasteiger partial charge in [-0.2, -0.15) is 0 Å². The summed E-state index contributed by atoms with van der Waals surface area (Å²) in [6, 6.07) is 2.87. The number of hydrogen-bond donors (Lipinski definition) is 1. The Balaban J connectivity index is 2.56. The van der Waals surface area contributed by atoms with Crippen LogP contribution in [0.1, 0.15) is 50.5 Å². The zero-order chi connectivity index (χ0) is 11.3. The summed E-state index contributed by atoms with van der Waals surface area (Å²) in [5, 5.41) is 5.74. The van der Waals surface area contributed by atoms with Crippen LogP contribution >= 0.6 is 11.3 Å². The lowest BCUT2D eigenvalue weighted by molar-refractivity contribution is 0.550. The average Bonchev–Trinajstić information content (AvgIpc) is 2.63. The summed E-state index contributed by atoms with van der Waals surface area (Å²) in [6.07, 6.45) is 2.47. The molecule has 0 unspecified atom stereocenters. The summed E-state index contributed by atoms with van der Waals surface area (Å²) < 4.78 is 0. The number of nitrogens with one attached hydrogen (secondary N) is 1. The van der Waals surface area contributed by atoms with Gasteiger partial charge in [-0.3, -0.25) is 0 Å². The average molecular weight is 225 g/mol. The number of rotatable bonds is 6. The molecule has 1 atom stereocenters. The van der Waals surface area contributed by atoms with Crippen LogP contribution in [0.25, 0.3) is 0 Å². The minimum atomic E-state index is 0.585. The van der Waals surface area contributed by atoms with Gasteiger partial charge in [0.05, 0.1) is 0 Å². The second kappa shape index (κ2) is 6.29. The van der Waals surface area contributed by atoms with Crippen molar-refractivity contribution in [1.29, 1.82) is 0 Å². The van der Waals surface area contributed by atoms with Gasteiger partial charge in [-0.05, 0) is 23.4 Å². The van der Waals surface area contributed by atoms with Crippen molar-refractivity contribution < 1.29 is 0 Å². The zero-order valence-corrected chi connectivity index (χ0v) is 11.2. The van der Waals surface area contributed by atoms with Crippen LogP contribution in [0.2, 0.25) is 0 Å². The molecule has 1 N–H and O–H groups in total. The number of hydrogen-bond acceptors (Lipinski definition) is 2. The molecule has 1 rings (SSSR count). The molecule has 0 saturated heterocycles. The van der Waals surface area contributed by atoms with Crippen LogP contribution in [0.3, 0.4) is 0 Å². The van der Waals surface area contributed by atoms with Crippen LogP contribution in [0.15, 0.2) is 11.4 Å². The van der Waals surface area contributed by atoms with Crippen molar-refractivity contribution in [3.05, 3.63) is 21.9 Å². The monoisotopic (exact) mass is 225 g/mol. The first-order valence-corrected chi connectivity index (χ1v) is 6.82. The lowest BCUT2D eigenvalue weighted by Crippen LogP contribution is -2.26. The van der Waals surface area contributed by atoms with Crippen LogP contribution in [0.5, 0.6) is 0 Å². The highest BCUT2D eigenvalue weighted by Crippen LogP contribution is 2.26. The topological polar surface area (TPSA) is 12.0 Å². The van der Waals surface area contributed by atoms with Gasteiger partial charge in [-0.15, -0.1) is 11.3 Å². The molecule has 0 radical (unpaired) electrons. The predicted octanol–water partition coefficient (Wildman–Crippen LogP) is 3.80. The highest BCUT2D eigenvalue weighted by atomic mass is 32.1. The molecule has 0 spiro atoms. The van der Waals surface area contributed by atoms with Crippen molar-refractivity contribution in [2.24, 2.45) is 0 Å². The first kappa shape index (κ1) is 12.7. The molecule has 1 aromatic heterocycles. The summed E-state index contributed by atoms with van der Waals surface area (Å²) in [4.78, 5) is 1.57. The van der Waals surface area contributed by atoms with E-state index in [4.69, 9.17) is 0 Å². The van der Waals surface area contributed by atoms with E-state index >= 15 is 0 Å². The second-order valence-electron chi connectivity index (χ2n) is 4.52. The maximum atomic E-state index is 3.51. The van der Waals surface area contributed by atoms with Crippen molar-refractivity contribution in [1.82, 2.24) is 5.32 Å². The Morgan fingerprint density at radius 3 is 2.67 bits per heavy atom. The molecule has 0 bridgehead atoms. The van der Waals surface area contributed by atoms with Crippen molar-refractivity contribution in [2.75, 3.05) is 6.54 Å². The van der Waals surface area contributed by atoms with Crippen molar-refractivity contribution in [3.8, 4) is 0 Å². The Hall–Kier alpha value is -0.340. The minimum absolute atomic E-state index is 0.585. The molecule has 86 valence electrons. The van der Waals surface area contributed by atoms with E-state index in [0.717, 1.165) is 6.54 Å². The van der Waals surface area contributed by atoms with E-state index in [-0.39, 0.29) is 0 Å². The number of aryl methyl sites for hydroxylation is 1. The molecule has 0 fully saturated rings. The Bertz CT molecular complexity index is 278. The minimum Gasteiger partial charge on any atom is -0.314 e. The van der Waals surface area contributed by atoms with Gasteiger partial charge >= 0.3 is 0 Å². The summed E-state index contributed by atoms with van der Waals surface area (Å²) in [5.41, 5.74) is 1.56. The van der Waals surface area contributed by atoms with Crippen LogP contribution in [0.4, 0.5) is 0 Å². The van der Waals surface area contributed by atoms with Crippen molar-refractivity contribution in [2.45, 2.75) is 52.5 Å². The maximum Gasteiger partial charge on any atom is 0.0118 e. The SMILES string of the molecule is CCCc1ccsc1[C@@H](C)CNC(C)C. The quantitative estimate of drug-likeness (QED) is 0.776. The van der Waals surface area contributed by atoms with Crippen molar-refractivity contribution in [3.63, 3.8) is 0 Å². The van der Waals surface area contributed by atoms with E-state index in [0.29, 0.717) is 12.0 Å². The van der Waals surface area contributed by atoms with Gasteiger partial charge in [0.2, 0.25) is 0 Å².